The van der Waals surface area contributed by atoms with Gasteiger partial charge >= 0.3 is 0 Å². The highest BCUT2D eigenvalue weighted by Crippen LogP contribution is 2.55. The van der Waals surface area contributed by atoms with Crippen LogP contribution in [0.3, 0.4) is 0 Å². The van der Waals surface area contributed by atoms with Crippen LogP contribution in [0.15, 0.2) is 52.2 Å². The van der Waals surface area contributed by atoms with E-state index < -0.39 is 0 Å². The van der Waals surface area contributed by atoms with Gasteiger partial charge in [-0.05, 0) is 120 Å². The van der Waals surface area contributed by atoms with E-state index in [2.05, 4.69) is 79.1 Å². The maximum atomic E-state index is 13.0. The number of hydrogen-bond acceptors (Lipinski definition) is 4. The molecule has 38 heavy (non-hydrogen) atoms. The van der Waals surface area contributed by atoms with Gasteiger partial charge in [-0.2, -0.15) is 0 Å². The summed E-state index contributed by atoms with van der Waals surface area (Å²) < 4.78 is 1.94. The standard InChI is InChI=1S/C32H40ClN3OS/c1-21(2)35-14-12-32(13-15-35)19-27(20-32)38-26-10-11-29(22(3)16-26)34-24-9-8-23-17-28(33)31(37)36(30(23)18-24)25-6-4-5-7-25/h8-11,16-18,21,25,27,34H,4-7,12-15,19-20H2,1-3H3. The van der Waals surface area contributed by atoms with Crippen molar-refractivity contribution in [2.45, 2.75) is 94.4 Å². The zero-order valence-corrected chi connectivity index (χ0v) is 24.5. The number of thioether (sulfide) groups is 1. The topological polar surface area (TPSA) is 37.3 Å². The van der Waals surface area contributed by atoms with Crippen molar-refractivity contribution in [3.05, 3.63) is 63.4 Å². The molecule has 2 aliphatic carbocycles. The quantitative estimate of drug-likeness (QED) is 0.334. The van der Waals surface area contributed by atoms with Gasteiger partial charge in [-0.1, -0.05) is 30.5 Å². The number of nitrogens with one attached hydrogen (secondary N) is 1. The van der Waals surface area contributed by atoms with Crippen molar-refractivity contribution >= 4 is 45.6 Å². The van der Waals surface area contributed by atoms with E-state index in [1.54, 1.807) is 0 Å². The van der Waals surface area contributed by atoms with Gasteiger partial charge in [-0.3, -0.25) is 4.79 Å². The number of pyridine rings is 1. The third kappa shape index (κ3) is 5.14. The summed E-state index contributed by atoms with van der Waals surface area (Å²) in [7, 11) is 0. The molecule has 0 unspecified atom stereocenters. The van der Waals surface area contributed by atoms with E-state index in [4.69, 9.17) is 11.6 Å². The molecule has 1 spiro atoms. The lowest BCUT2D eigenvalue weighted by Crippen LogP contribution is -2.49. The van der Waals surface area contributed by atoms with Crippen LogP contribution >= 0.6 is 23.4 Å². The van der Waals surface area contributed by atoms with Crippen LogP contribution in [0, 0.1) is 12.3 Å². The van der Waals surface area contributed by atoms with Gasteiger partial charge in [-0.15, -0.1) is 11.8 Å². The van der Waals surface area contributed by atoms with E-state index in [1.807, 2.05) is 10.6 Å². The van der Waals surface area contributed by atoms with E-state index in [1.165, 1.54) is 62.1 Å². The molecular formula is C32H40ClN3OS. The van der Waals surface area contributed by atoms with Crippen molar-refractivity contribution in [1.82, 2.24) is 9.47 Å². The van der Waals surface area contributed by atoms with E-state index in [0.717, 1.165) is 40.4 Å². The molecule has 0 amide bonds. The van der Waals surface area contributed by atoms with Crippen molar-refractivity contribution in [2.75, 3.05) is 18.4 Å². The molecule has 6 rings (SSSR count). The average Bonchev–Trinajstić information content (AvgIpc) is 3.40. The first-order valence-electron chi connectivity index (χ1n) is 14.4. The Bertz CT molecular complexity index is 1380. The van der Waals surface area contributed by atoms with Gasteiger partial charge in [0, 0.05) is 39.0 Å². The molecule has 6 heteroatoms. The van der Waals surface area contributed by atoms with E-state index in [0.29, 0.717) is 16.5 Å². The van der Waals surface area contributed by atoms with Crippen molar-refractivity contribution in [3.63, 3.8) is 0 Å². The lowest BCUT2D eigenvalue weighted by Gasteiger charge is -2.52. The Morgan fingerprint density at radius 3 is 2.45 bits per heavy atom. The number of piperidine rings is 1. The normalized spacial score (nSPS) is 20.4. The minimum atomic E-state index is -0.0657. The Labute approximate surface area is 236 Å². The molecule has 0 bridgehead atoms. The second-order valence-corrected chi connectivity index (χ2v) is 14.0. The summed E-state index contributed by atoms with van der Waals surface area (Å²) in [5.41, 5.74) is 4.88. The molecule has 4 nitrogen and oxygen atoms in total. The molecule has 0 radical (unpaired) electrons. The predicted molar refractivity (Wildman–Crippen MR) is 162 cm³/mol. The predicted octanol–water partition coefficient (Wildman–Crippen LogP) is 8.57. The van der Waals surface area contributed by atoms with E-state index in [-0.39, 0.29) is 11.6 Å². The number of anilines is 2. The summed E-state index contributed by atoms with van der Waals surface area (Å²) in [6, 6.07) is 15.8. The third-order valence-corrected chi connectivity index (χ3v) is 10.8. The second kappa shape index (κ2) is 10.6. The summed E-state index contributed by atoms with van der Waals surface area (Å²) in [4.78, 5) is 17.0. The fraction of sp³-hybridized carbons (Fsp3) is 0.531. The lowest BCUT2D eigenvalue weighted by atomic mass is 9.63. The molecule has 1 aromatic heterocycles. The smallest absolute Gasteiger partial charge is 0.270 e. The fourth-order valence-corrected chi connectivity index (χ4v) is 8.87. The molecule has 3 aliphatic rings. The first-order chi connectivity index (χ1) is 18.3. The van der Waals surface area contributed by atoms with Gasteiger partial charge in [0.2, 0.25) is 0 Å². The van der Waals surface area contributed by atoms with Crippen LogP contribution < -0.4 is 10.9 Å². The zero-order chi connectivity index (χ0) is 26.4. The molecule has 202 valence electrons. The van der Waals surface area contributed by atoms with Crippen molar-refractivity contribution in [3.8, 4) is 0 Å². The molecule has 2 saturated carbocycles. The number of benzene rings is 2. The summed E-state index contributed by atoms with van der Waals surface area (Å²) >= 11 is 8.40. The molecule has 2 heterocycles. The summed E-state index contributed by atoms with van der Waals surface area (Å²) in [5.74, 6) is 0. The van der Waals surface area contributed by atoms with Crippen LogP contribution in [-0.2, 0) is 0 Å². The molecule has 2 aromatic carbocycles. The first-order valence-corrected chi connectivity index (χ1v) is 15.7. The van der Waals surface area contributed by atoms with Gasteiger partial charge in [0.05, 0.1) is 5.52 Å². The first kappa shape index (κ1) is 26.3. The largest absolute Gasteiger partial charge is 0.355 e. The molecule has 3 aromatic rings. The minimum absolute atomic E-state index is 0.0657. The van der Waals surface area contributed by atoms with Gasteiger partial charge in [0.15, 0.2) is 0 Å². The average molecular weight is 550 g/mol. The van der Waals surface area contributed by atoms with Crippen LogP contribution in [0.4, 0.5) is 11.4 Å². The summed E-state index contributed by atoms with van der Waals surface area (Å²) in [6.07, 6.45) is 9.91. The Hall–Kier alpha value is -1.95. The zero-order valence-electron chi connectivity index (χ0n) is 22.9. The Morgan fingerprint density at radius 2 is 1.76 bits per heavy atom. The molecule has 1 aliphatic heterocycles. The number of rotatable bonds is 6. The number of halogens is 1. The summed E-state index contributed by atoms with van der Waals surface area (Å²) in [5, 5.41) is 5.70. The van der Waals surface area contributed by atoms with E-state index >= 15 is 0 Å². The molecule has 1 saturated heterocycles. The van der Waals surface area contributed by atoms with Crippen LogP contribution in [0.5, 0.6) is 0 Å². The van der Waals surface area contributed by atoms with Crippen LogP contribution in [0.1, 0.15) is 76.8 Å². The van der Waals surface area contributed by atoms with Crippen LogP contribution in [0.25, 0.3) is 10.9 Å². The Morgan fingerprint density at radius 1 is 1.03 bits per heavy atom. The maximum Gasteiger partial charge on any atom is 0.270 e. The number of fused-ring (bicyclic) bond motifs is 1. The highest BCUT2D eigenvalue weighted by molar-refractivity contribution is 8.00. The van der Waals surface area contributed by atoms with E-state index in [9.17, 15) is 4.79 Å². The SMILES string of the molecule is Cc1cc(SC2CC3(CCN(C(C)C)CC3)C2)ccc1Nc1ccc2cc(Cl)c(=O)n(C3CCCC3)c2c1. The van der Waals surface area contributed by atoms with Crippen LogP contribution in [0.2, 0.25) is 5.02 Å². The highest BCUT2D eigenvalue weighted by atomic mass is 35.5. The lowest BCUT2D eigenvalue weighted by molar-refractivity contribution is 0.0267. The number of likely N-dealkylation sites (tertiary alicyclic amines) is 1. The highest BCUT2D eigenvalue weighted by Gasteiger charge is 2.46. The monoisotopic (exact) mass is 549 g/mol. The van der Waals surface area contributed by atoms with Gasteiger partial charge < -0.3 is 14.8 Å². The molecular weight excluding hydrogens is 510 g/mol. The van der Waals surface area contributed by atoms with Gasteiger partial charge in [-0.25, -0.2) is 0 Å². The number of nitrogens with zero attached hydrogens (tertiary/aromatic N) is 2. The van der Waals surface area contributed by atoms with Crippen molar-refractivity contribution in [2.24, 2.45) is 5.41 Å². The Balaban J connectivity index is 1.14. The molecule has 1 N–H and O–H groups in total. The fourth-order valence-electron chi connectivity index (χ4n) is 7.01. The number of aryl methyl sites for hydroxylation is 1. The third-order valence-electron chi connectivity index (χ3n) is 9.38. The number of hydrogen-bond donors (Lipinski definition) is 1. The minimum Gasteiger partial charge on any atom is -0.355 e. The second-order valence-electron chi connectivity index (χ2n) is 12.3. The number of aromatic nitrogens is 1. The maximum absolute atomic E-state index is 13.0. The van der Waals surface area contributed by atoms with Crippen LogP contribution in [-0.4, -0.2) is 33.8 Å². The molecule has 3 fully saturated rings. The van der Waals surface area contributed by atoms with Crippen molar-refractivity contribution in [1.29, 1.82) is 0 Å². The van der Waals surface area contributed by atoms with Gasteiger partial charge in [0.25, 0.3) is 5.56 Å². The van der Waals surface area contributed by atoms with Gasteiger partial charge in [0.1, 0.15) is 5.02 Å². The van der Waals surface area contributed by atoms with Crippen molar-refractivity contribution < 1.29 is 0 Å². The molecule has 0 atom stereocenters. The summed E-state index contributed by atoms with van der Waals surface area (Å²) in [6.45, 7) is 9.37. The Kier molecular flexibility index (Phi) is 7.30.